The van der Waals surface area contributed by atoms with Crippen LogP contribution in [-0.4, -0.2) is 5.92 Å². The van der Waals surface area contributed by atoms with Crippen molar-refractivity contribution in [2.75, 3.05) is 0 Å². The Morgan fingerprint density at radius 3 is 2.14 bits per heavy atom. The second-order valence-electron chi connectivity index (χ2n) is 1.20. The van der Waals surface area contributed by atoms with Gasteiger partial charge in [-0.3, -0.25) is 0 Å². The van der Waals surface area contributed by atoms with E-state index < -0.39 is 5.92 Å². The van der Waals surface area contributed by atoms with E-state index in [-0.39, 0.29) is 6.42 Å². The maximum atomic E-state index is 11.6. The molecule has 7 heavy (non-hydrogen) atoms. The van der Waals surface area contributed by atoms with Gasteiger partial charge >= 0.3 is 5.92 Å². The molecule has 0 spiro atoms. The first-order valence-corrected chi connectivity index (χ1v) is 1.98. The van der Waals surface area contributed by atoms with Crippen LogP contribution in [0.2, 0.25) is 0 Å². The summed E-state index contributed by atoms with van der Waals surface area (Å²) in [5, 5.41) is 0. The summed E-state index contributed by atoms with van der Waals surface area (Å²) < 4.78 is 23.3. The summed E-state index contributed by atoms with van der Waals surface area (Å²) in [6.45, 7) is 1.35. The average Bonchev–Trinajstić information content (AvgIpc) is 1.68. The van der Waals surface area contributed by atoms with Gasteiger partial charge in [-0.1, -0.05) is 6.92 Å². The second-order valence-corrected chi connectivity index (χ2v) is 1.20. The fourth-order valence-electron chi connectivity index (χ4n) is 0.102. The number of alkyl halides is 2. The van der Waals surface area contributed by atoms with Gasteiger partial charge in [-0.2, -0.15) is 8.78 Å². The van der Waals surface area contributed by atoms with Gasteiger partial charge < -0.3 is 0 Å². The molecule has 0 N–H and O–H groups in total. The molecule has 0 atom stereocenters. The summed E-state index contributed by atoms with van der Waals surface area (Å²) in [6, 6.07) is 0. The lowest BCUT2D eigenvalue weighted by Crippen LogP contribution is -2.08. The molecular formula is C5H6F2. The average molecular weight is 104 g/mol. The molecule has 0 saturated heterocycles. The van der Waals surface area contributed by atoms with Gasteiger partial charge in [0.1, 0.15) is 0 Å². The fraction of sp³-hybridized carbons (Fsp3) is 0.600. The van der Waals surface area contributed by atoms with Crippen molar-refractivity contribution in [1.29, 1.82) is 0 Å². The molecular weight excluding hydrogens is 98.1 g/mol. The predicted octanol–water partition coefficient (Wildman–Crippen LogP) is 1.66. The highest BCUT2D eigenvalue weighted by Crippen LogP contribution is 2.14. The smallest absolute Gasteiger partial charge is 0.192 e. The highest BCUT2D eigenvalue weighted by molar-refractivity contribution is 4.99. The first kappa shape index (κ1) is 6.42. The van der Waals surface area contributed by atoms with Crippen LogP contribution < -0.4 is 0 Å². The SMILES string of the molecule is C#CC(F)(F)CC. The maximum Gasteiger partial charge on any atom is 0.307 e. The molecule has 0 rings (SSSR count). The van der Waals surface area contributed by atoms with Crippen molar-refractivity contribution in [1.82, 2.24) is 0 Å². The Hall–Kier alpha value is -0.580. The third-order valence-electron chi connectivity index (χ3n) is 0.655. The molecule has 0 aromatic carbocycles. The predicted molar refractivity (Wildman–Crippen MR) is 24.1 cm³/mol. The van der Waals surface area contributed by atoms with Crippen molar-refractivity contribution in [2.45, 2.75) is 19.3 Å². The fourth-order valence-corrected chi connectivity index (χ4v) is 0.102. The van der Waals surface area contributed by atoms with Gasteiger partial charge in [0.15, 0.2) is 0 Å². The number of hydrogen-bond donors (Lipinski definition) is 0. The van der Waals surface area contributed by atoms with E-state index in [1.807, 2.05) is 0 Å². The standard InChI is InChI=1S/C5H6F2/c1-3-5(6,7)4-2/h1H,4H2,2H3. The van der Waals surface area contributed by atoms with Gasteiger partial charge in [-0.05, 0) is 5.92 Å². The monoisotopic (exact) mass is 104 g/mol. The van der Waals surface area contributed by atoms with Crippen LogP contribution in [0.25, 0.3) is 0 Å². The van der Waals surface area contributed by atoms with Gasteiger partial charge in [0.05, 0.1) is 0 Å². The molecule has 0 heterocycles. The van der Waals surface area contributed by atoms with Crippen molar-refractivity contribution in [3.8, 4) is 12.3 Å². The van der Waals surface area contributed by atoms with Crippen LogP contribution in [0.3, 0.4) is 0 Å². The quantitative estimate of drug-likeness (QED) is 0.444. The topological polar surface area (TPSA) is 0 Å². The first-order valence-electron chi connectivity index (χ1n) is 1.98. The normalized spacial score (nSPS) is 10.6. The summed E-state index contributed by atoms with van der Waals surface area (Å²) in [7, 11) is 0. The molecule has 0 amide bonds. The van der Waals surface area contributed by atoms with Crippen molar-refractivity contribution >= 4 is 0 Å². The molecule has 0 aromatic heterocycles. The molecule has 0 saturated carbocycles. The van der Waals surface area contributed by atoms with Crippen LogP contribution in [0.15, 0.2) is 0 Å². The lowest BCUT2D eigenvalue weighted by molar-refractivity contribution is 0.0625. The van der Waals surface area contributed by atoms with Crippen LogP contribution in [-0.2, 0) is 0 Å². The number of hydrogen-bond acceptors (Lipinski definition) is 0. The van der Waals surface area contributed by atoms with Gasteiger partial charge in [-0.25, -0.2) is 0 Å². The molecule has 0 aromatic rings. The summed E-state index contributed by atoms with van der Waals surface area (Å²) >= 11 is 0. The summed E-state index contributed by atoms with van der Waals surface area (Å²) in [4.78, 5) is 0. The van der Waals surface area contributed by atoms with Gasteiger partial charge in [0.2, 0.25) is 0 Å². The zero-order valence-electron chi connectivity index (χ0n) is 4.04. The van der Waals surface area contributed by atoms with Crippen molar-refractivity contribution in [2.24, 2.45) is 0 Å². The first-order chi connectivity index (χ1) is 3.12. The second kappa shape index (κ2) is 1.92. The molecule has 0 aliphatic carbocycles. The van der Waals surface area contributed by atoms with Gasteiger partial charge in [0.25, 0.3) is 0 Å². The molecule has 40 valence electrons. The van der Waals surface area contributed by atoms with E-state index in [1.54, 1.807) is 0 Å². The lowest BCUT2D eigenvalue weighted by Gasteiger charge is -2.01. The third-order valence-corrected chi connectivity index (χ3v) is 0.655. The van der Waals surface area contributed by atoms with Crippen molar-refractivity contribution < 1.29 is 8.78 Å². The zero-order valence-corrected chi connectivity index (χ0v) is 4.04. The molecule has 0 aliphatic rings. The van der Waals surface area contributed by atoms with Gasteiger partial charge in [0, 0.05) is 6.42 Å². The van der Waals surface area contributed by atoms with E-state index in [1.165, 1.54) is 12.8 Å². The van der Waals surface area contributed by atoms with E-state index in [2.05, 4.69) is 6.42 Å². The van der Waals surface area contributed by atoms with E-state index >= 15 is 0 Å². The van der Waals surface area contributed by atoms with Gasteiger partial charge in [-0.15, -0.1) is 6.42 Å². The van der Waals surface area contributed by atoms with Crippen LogP contribution in [0.5, 0.6) is 0 Å². The number of halogens is 2. The lowest BCUT2D eigenvalue weighted by atomic mass is 10.3. The van der Waals surface area contributed by atoms with Crippen molar-refractivity contribution in [3.05, 3.63) is 0 Å². The Kier molecular flexibility index (Phi) is 1.76. The van der Waals surface area contributed by atoms with E-state index in [9.17, 15) is 8.78 Å². The molecule has 0 nitrogen and oxygen atoms in total. The minimum absolute atomic E-state index is 0.274. The molecule has 0 aliphatic heterocycles. The highest BCUT2D eigenvalue weighted by atomic mass is 19.3. The Morgan fingerprint density at radius 1 is 1.71 bits per heavy atom. The number of rotatable bonds is 1. The Morgan fingerprint density at radius 2 is 2.14 bits per heavy atom. The van der Waals surface area contributed by atoms with E-state index in [4.69, 9.17) is 0 Å². The summed E-state index contributed by atoms with van der Waals surface area (Å²) in [5.41, 5.74) is 0. The highest BCUT2D eigenvalue weighted by Gasteiger charge is 2.20. The summed E-state index contributed by atoms with van der Waals surface area (Å²) in [6.07, 6.45) is 4.14. The minimum atomic E-state index is -2.89. The third kappa shape index (κ3) is 2.16. The zero-order chi connectivity index (χ0) is 5.91. The molecule has 2 heteroatoms. The maximum absolute atomic E-state index is 11.6. The Balaban J connectivity index is 3.66. The Labute approximate surface area is 41.5 Å². The van der Waals surface area contributed by atoms with E-state index in [0.717, 1.165) is 0 Å². The minimum Gasteiger partial charge on any atom is -0.192 e. The molecule has 0 fully saturated rings. The number of terminal acetylenes is 1. The van der Waals surface area contributed by atoms with Crippen LogP contribution in [0, 0.1) is 12.3 Å². The van der Waals surface area contributed by atoms with Crippen LogP contribution in [0.4, 0.5) is 8.78 Å². The van der Waals surface area contributed by atoms with Crippen LogP contribution in [0.1, 0.15) is 13.3 Å². The van der Waals surface area contributed by atoms with E-state index in [0.29, 0.717) is 0 Å². The summed E-state index contributed by atoms with van der Waals surface area (Å²) in [5.74, 6) is -1.53. The van der Waals surface area contributed by atoms with Crippen molar-refractivity contribution in [3.63, 3.8) is 0 Å². The largest absolute Gasteiger partial charge is 0.307 e. The molecule has 0 bridgehead atoms. The molecule has 0 unspecified atom stereocenters. The molecule has 0 radical (unpaired) electrons. The Bertz CT molecular complexity index is 88.7. The van der Waals surface area contributed by atoms with Crippen LogP contribution >= 0.6 is 0 Å².